The summed E-state index contributed by atoms with van der Waals surface area (Å²) in [6.45, 7) is -0.410. The highest BCUT2D eigenvalue weighted by atomic mass is 16.6. The van der Waals surface area contributed by atoms with Crippen LogP contribution < -0.4 is 0 Å². The van der Waals surface area contributed by atoms with Gasteiger partial charge in [-0.3, -0.25) is 20.2 Å². The van der Waals surface area contributed by atoms with Crippen LogP contribution in [0.3, 0.4) is 0 Å². The molecule has 0 N–H and O–H groups in total. The number of carbonyl (C=O) groups excluding carboxylic acids is 2. The Morgan fingerprint density at radius 3 is 2.15 bits per heavy atom. The smallest absolute Gasteiger partial charge is 0.338 e. The van der Waals surface area contributed by atoms with Crippen LogP contribution in [0.5, 0.6) is 0 Å². The summed E-state index contributed by atoms with van der Waals surface area (Å²) < 4.78 is 9.48. The lowest BCUT2D eigenvalue weighted by atomic mass is 10.1. The molecule has 0 aliphatic rings. The number of rotatable bonds is 6. The van der Waals surface area contributed by atoms with Gasteiger partial charge in [0.2, 0.25) is 0 Å². The van der Waals surface area contributed by atoms with Crippen molar-refractivity contribution in [3.8, 4) is 0 Å². The largest absolute Gasteiger partial charge is 0.465 e. The van der Waals surface area contributed by atoms with E-state index in [4.69, 9.17) is 4.74 Å². The number of benzene rings is 2. The molecule has 0 fully saturated rings. The van der Waals surface area contributed by atoms with Gasteiger partial charge in [0.15, 0.2) is 0 Å². The molecule has 2 aromatic carbocycles. The van der Waals surface area contributed by atoms with Gasteiger partial charge < -0.3 is 9.47 Å². The van der Waals surface area contributed by atoms with E-state index in [9.17, 15) is 29.8 Å². The molecule has 0 radical (unpaired) electrons. The maximum absolute atomic E-state index is 12.2. The number of hydrogen-bond acceptors (Lipinski definition) is 8. The minimum absolute atomic E-state index is 0.157. The summed E-state index contributed by atoms with van der Waals surface area (Å²) >= 11 is 0. The van der Waals surface area contributed by atoms with Crippen molar-refractivity contribution >= 4 is 23.3 Å². The van der Waals surface area contributed by atoms with Crippen molar-refractivity contribution in [2.45, 2.75) is 6.61 Å². The lowest BCUT2D eigenvalue weighted by molar-refractivity contribution is -0.385. The molecule has 0 unspecified atom stereocenters. The first-order valence-corrected chi connectivity index (χ1v) is 7.10. The van der Waals surface area contributed by atoms with E-state index in [0.29, 0.717) is 0 Å². The molecule has 0 heterocycles. The quantitative estimate of drug-likeness (QED) is 0.435. The van der Waals surface area contributed by atoms with Gasteiger partial charge in [0.05, 0.1) is 33.6 Å². The number of non-ortho nitro benzene ring substituents is 1. The Bertz CT molecular complexity index is 894. The highest BCUT2D eigenvalue weighted by Gasteiger charge is 2.20. The molecule has 0 atom stereocenters. The fraction of sp³-hybridized carbons (Fsp3) is 0.125. The molecule has 134 valence electrons. The van der Waals surface area contributed by atoms with E-state index in [1.165, 1.54) is 18.2 Å². The van der Waals surface area contributed by atoms with Gasteiger partial charge in [-0.2, -0.15) is 0 Å². The molecule has 0 saturated carbocycles. The summed E-state index contributed by atoms with van der Waals surface area (Å²) in [6.07, 6.45) is 0. The Labute approximate surface area is 146 Å². The van der Waals surface area contributed by atoms with Gasteiger partial charge in [-0.1, -0.05) is 12.1 Å². The number of nitro groups is 2. The molecule has 0 bridgehead atoms. The molecule has 2 rings (SSSR count). The predicted octanol–water partition coefficient (Wildman–Crippen LogP) is 2.65. The molecule has 0 aliphatic carbocycles. The molecular formula is C16H12N2O8. The topological polar surface area (TPSA) is 139 Å². The van der Waals surface area contributed by atoms with Crippen molar-refractivity contribution in [1.29, 1.82) is 0 Å². The van der Waals surface area contributed by atoms with Crippen LogP contribution in [0.4, 0.5) is 11.4 Å². The third kappa shape index (κ3) is 4.17. The third-order valence-corrected chi connectivity index (χ3v) is 3.33. The van der Waals surface area contributed by atoms with E-state index in [1.54, 1.807) is 6.07 Å². The molecular weight excluding hydrogens is 348 g/mol. The Morgan fingerprint density at radius 2 is 1.58 bits per heavy atom. The van der Waals surface area contributed by atoms with E-state index < -0.39 is 34.1 Å². The molecule has 0 aliphatic heterocycles. The van der Waals surface area contributed by atoms with Crippen molar-refractivity contribution in [3.63, 3.8) is 0 Å². The van der Waals surface area contributed by atoms with Gasteiger partial charge >= 0.3 is 11.9 Å². The number of carbonyl (C=O) groups is 2. The molecule has 0 amide bonds. The number of esters is 2. The summed E-state index contributed by atoms with van der Waals surface area (Å²) in [7, 11) is 1.09. The zero-order valence-electron chi connectivity index (χ0n) is 13.4. The fourth-order valence-corrected chi connectivity index (χ4v) is 2.11. The van der Waals surface area contributed by atoms with E-state index in [0.717, 1.165) is 25.3 Å². The van der Waals surface area contributed by atoms with E-state index in [1.807, 2.05) is 0 Å². The first-order chi connectivity index (χ1) is 12.3. The van der Waals surface area contributed by atoms with Gasteiger partial charge in [-0.25, -0.2) is 9.59 Å². The van der Waals surface area contributed by atoms with Gasteiger partial charge in [0.1, 0.15) is 6.61 Å². The number of nitro benzene ring substituents is 2. The third-order valence-electron chi connectivity index (χ3n) is 3.33. The maximum Gasteiger partial charge on any atom is 0.338 e. The monoisotopic (exact) mass is 360 g/mol. The van der Waals surface area contributed by atoms with E-state index in [-0.39, 0.29) is 22.4 Å². The van der Waals surface area contributed by atoms with Crippen LogP contribution >= 0.6 is 0 Å². The number of methoxy groups -OCH3 is 1. The Kier molecular flexibility index (Phi) is 5.58. The summed E-state index contributed by atoms with van der Waals surface area (Å²) in [4.78, 5) is 44.3. The summed E-state index contributed by atoms with van der Waals surface area (Å²) in [5.41, 5.74) is -1.01. The zero-order chi connectivity index (χ0) is 19.3. The predicted molar refractivity (Wildman–Crippen MR) is 86.7 cm³/mol. The second-order valence-electron chi connectivity index (χ2n) is 4.98. The molecule has 0 aromatic heterocycles. The first kappa shape index (κ1) is 18.5. The van der Waals surface area contributed by atoms with Gasteiger partial charge in [0, 0.05) is 18.2 Å². The Morgan fingerprint density at radius 1 is 0.962 bits per heavy atom. The number of para-hydroxylation sites is 1. The Hall–Kier alpha value is -3.82. The molecule has 0 spiro atoms. The van der Waals surface area contributed by atoms with E-state index in [2.05, 4.69) is 4.74 Å². The minimum atomic E-state index is -0.975. The summed E-state index contributed by atoms with van der Waals surface area (Å²) in [5, 5.41) is 21.9. The van der Waals surface area contributed by atoms with Crippen molar-refractivity contribution < 1.29 is 28.9 Å². The normalized spacial score (nSPS) is 10.0. The standard InChI is InChI=1S/C16H12N2O8/c1-25-15(19)11-6-12(8-13(7-11)17(21)22)16(20)26-9-10-4-2-3-5-14(10)18(23)24/h2-8H,9H2,1H3. The van der Waals surface area contributed by atoms with Gasteiger partial charge in [-0.05, 0) is 12.1 Å². The van der Waals surface area contributed by atoms with Crippen LogP contribution in [0.25, 0.3) is 0 Å². The van der Waals surface area contributed by atoms with Crippen molar-refractivity contribution in [2.24, 2.45) is 0 Å². The highest BCUT2D eigenvalue weighted by molar-refractivity contribution is 5.96. The molecule has 10 nitrogen and oxygen atoms in total. The van der Waals surface area contributed by atoms with Crippen LogP contribution in [-0.2, 0) is 16.1 Å². The second-order valence-corrected chi connectivity index (χ2v) is 4.98. The molecule has 2 aromatic rings. The highest BCUT2D eigenvalue weighted by Crippen LogP contribution is 2.21. The van der Waals surface area contributed by atoms with E-state index >= 15 is 0 Å². The number of hydrogen-bond donors (Lipinski definition) is 0. The minimum Gasteiger partial charge on any atom is -0.465 e. The van der Waals surface area contributed by atoms with Crippen LogP contribution in [0.15, 0.2) is 42.5 Å². The van der Waals surface area contributed by atoms with Crippen molar-refractivity contribution in [2.75, 3.05) is 7.11 Å². The average molecular weight is 360 g/mol. The van der Waals surface area contributed by atoms with Crippen LogP contribution in [0, 0.1) is 20.2 Å². The second kappa shape index (κ2) is 7.83. The zero-order valence-corrected chi connectivity index (χ0v) is 13.4. The Balaban J connectivity index is 2.27. The lowest BCUT2D eigenvalue weighted by Crippen LogP contribution is -2.10. The number of ether oxygens (including phenoxy) is 2. The average Bonchev–Trinajstić information content (AvgIpc) is 2.65. The maximum atomic E-state index is 12.2. The van der Waals surface area contributed by atoms with Crippen LogP contribution in [-0.4, -0.2) is 28.9 Å². The van der Waals surface area contributed by atoms with Gasteiger partial charge in [-0.15, -0.1) is 0 Å². The van der Waals surface area contributed by atoms with Crippen molar-refractivity contribution in [1.82, 2.24) is 0 Å². The lowest BCUT2D eigenvalue weighted by Gasteiger charge is -2.07. The molecule has 10 heteroatoms. The number of nitrogens with zero attached hydrogens (tertiary/aromatic N) is 2. The first-order valence-electron chi connectivity index (χ1n) is 7.10. The van der Waals surface area contributed by atoms with Crippen LogP contribution in [0.2, 0.25) is 0 Å². The summed E-state index contributed by atoms with van der Waals surface area (Å²) in [6, 6.07) is 8.66. The van der Waals surface area contributed by atoms with Crippen LogP contribution in [0.1, 0.15) is 26.3 Å². The molecule has 26 heavy (non-hydrogen) atoms. The molecule has 0 saturated heterocycles. The summed E-state index contributed by atoms with van der Waals surface area (Å²) in [5.74, 6) is -1.83. The van der Waals surface area contributed by atoms with Gasteiger partial charge in [0.25, 0.3) is 11.4 Å². The SMILES string of the molecule is COC(=O)c1cc(C(=O)OCc2ccccc2[N+](=O)[O-])cc([N+](=O)[O-])c1. The fourth-order valence-electron chi connectivity index (χ4n) is 2.11. The van der Waals surface area contributed by atoms with Crippen molar-refractivity contribution in [3.05, 3.63) is 79.4 Å².